The van der Waals surface area contributed by atoms with Crippen molar-refractivity contribution in [1.29, 1.82) is 0 Å². The van der Waals surface area contributed by atoms with Crippen LogP contribution in [-0.2, 0) is 9.53 Å². The van der Waals surface area contributed by atoms with Gasteiger partial charge in [-0.05, 0) is 30.2 Å². The number of carbonyl (C=O) groups is 2. The first-order chi connectivity index (χ1) is 15.6. The number of carbonyl (C=O) groups excluding carboxylic acids is 2. The van der Waals surface area contributed by atoms with E-state index in [9.17, 15) is 9.59 Å². The van der Waals surface area contributed by atoms with Crippen molar-refractivity contribution in [2.24, 2.45) is 0 Å². The van der Waals surface area contributed by atoms with E-state index in [1.165, 1.54) is 4.91 Å². The number of nitrogens with one attached hydrogen (secondary N) is 4. The fourth-order valence-electron chi connectivity index (χ4n) is 3.64. The molecule has 3 amide bonds. The number of ether oxygens (including phenoxy) is 1. The van der Waals surface area contributed by atoms with E-state index < -0.39 is 11.9 Å². The van der Waals surface area contributed by atoms with Crippen LogP contribution < -0.4 is 21.3 Å². The van der Waals surface area contributed by atoms with Gasteiger partial charge in [0.15, 0.2) is 5.65 Å². The van der Waals surface area contributed by atoms with Gasteiger partial charge in [0, 0.05) is 37.9 Å². The van der Waals surface area contributed by atoms with Crippen molar-refractivity contribution in [3.05, 3.63) is 40.2 Å². The number of amides is 3. The van der Waals surface area contributed by atoms with Crippen molar-refractivity contribution >= 4 is 41.2 Å². The molecule has 168 valence electrons. The van der Waals surface area contributed by atoms with Gasteiger partial charge >= 0.3 is 6.03 Å². The molecule has 1 atom stereocenters. The average Bonchev–Trinajstić information content (AvgIpc) is 3.16. The number of imide groups is 1. The summed E-state index contributed by atoms with van der Waals surface area (Å²) in [6, 6.07) is 2.00. The molecule has 0 aromatic carbocycles. The molecule has 2 aromatic rings. The Bertz CT molecular complexity index is 1120. The molecule has 2 aromatic heterocycles. The van der Waals surface area contributed by atoms with Crippen LogP contribution in [0.5, 0.6) is 0 Å². The number of anilines is 1. The lowest BCUT2D eigenvalue weighted by Crippen LogP contribution is -2.22. The van der Waals surface area contributed by atoms with E-state index in [0.29, 0.717) is 23.9 Å². The fraction of sp³-hybridized carbons (Fsp3) is 0.429. The van der Waals surface area contributed by atoms with Gasteiger partial charge in [0.1, 0.15) is 11.5 Å². The van der Waals surface area contributed by atoms with Crippen molar-refractivity contribution < 1.29 is 14.3 Å². The molecule has 4 heterocycles. The number of allylic oxidation sites excluding steroid dienone is 1. The predicted octanol–water partition coefficient (Wildman–Crippen LogP) is 1.78. The molecule has 0 radical (unpaired) electrons. The predicted molar refractivity (Wildman–Crippen MR) is 122 cm³/mol. The van der Waals surface area contributed by atoms with E-state index in [4.69, 9.17) is 9.72 Å². The molecule has 2 fully saturated rings. The van der Waals surface area contributed by atoms with Gasteiger partial charge in [-0.1, -0.05) is 6.08 Å². The Morgan fingerprint density at radius 2 is 2.22 bits per heavy atom. The SMILES string of the molecule is COCCNCC1=CCC(c2cc(NC3CC3)n3ncc(/C=C4\NC(=O)NC4=O)c3n2)S1. The van der Waals surface area contributed by atoms with Crippen LogP contribution in [0, 0.1) is 0 Å². The van der Waals surface area contributed by atoms with Gasteiger partial charge in [0.25, 0.3) is 5.91 Å². The van der Waals surface area contributed by atoms with Crippen LogP contribution in [0.15, 0.2) is 28.9 Å². The highest BCUT2D eigenvalue weighted by Crippen LogP contribution is 2.43. The number of urea groups is 1. The van der Waals surface area contributed by atoms with Crippen molar-refractivity contribution in [3.63, 3.8) is 0 Å². The molecule has 1 saturated carbocycles. The first-order valence-corrected chi connectivity index (χ1v) is 11.5. The van der Waals surface area contributed by atoms with Crippen LogP contribution >= 0.6 is 11.8 Å². The Labute approximate surface area is 189 Å². The minimum atomic E-state index is -0.525. The van der Waals surface area contributed by atoms with Gasteiger partial charge in [-0.15, -0.1) is 11.8 Å². The van der Waals surface area contributed by atoms with Crippen LogP contribution in [0.25, 0.3) is 11.7 Å². The minimum Gasteiger partial charge on any atom is -0.383 e. The zero-order valence-electron chi connectivity index (χ0n) is 17.7. The van der Waals surface area contributed by atoms with Crippen LogP contribution in [0.4, 0.5) is 10.6 Å². The van der Waals surface area contributed by atoms with Crippen molar-refractivity contribution in [1.82, 2.24) is 30.5 Å². The Balaban J connectivity index is 1.41. The standard InChI is InChI=1S/C21H25N7O3S/c1-31-7-6-22-11-14-4-5-17(32-14)15-9-18(24-13-2-3-13)28-19(25-15)12(10-23-28)8-16-20(29)27-21(30)26-16/h4,8-10,13,17,22,24H,2-3,5-7,11H2,1H3,(H2,26,27,29,30)/b16-8-. The first kappa shape index (κ1) is 21.0. The van der Waals surface area contributed by atoms with Gasteiger partial charge in [-0.2, -0.15) is 9.61 Å². The number of thioether (sulfide) groups is 1. The second-order valence-corrected chi connectivity index (χ2v) is 9.30. The highest BCUT2D eigenvalue weighted by atomic mass is 32.2. The van der Waals surface area contributed by atoms with Crippen molar-refractivity contribution in [3.8, 4) is 0 Å². The number of nitrogens with zero attached hydrogens (tertiary/aromatic N) is 3. The zero-order valence-corrected chi connectivity index (χ0v) is 18.5. The average molecular weight is 456 g/mol. The molecule has 0 bridgehead atoms. The van der Waals surface area contributed by atoms with Crippen LogP contribution in [0.3, 0.4) is 0 Å². The molecule has 32 heavy (non-hydrogen) atoms. The molecule has 2 aliphatic heterocycles. The third kappa shape index (κ3) is 4.50. The van der Waals surface area contributed by atoms with Crippen molar-refractivity contribution in [2.45, 2.75) is 30.6 Å². The van der Waals surface area contributed by atoms with E-state index in [1.807, 2.05) is 11.8 Å². The molecular formula is C21H25N7O3S. The lowest BCUT2D eigenvalue weighted by molar-refractivity contribution is -0.115. The summed E-state index contributed by atoms with van der Waals surface area (Å²) in [5.74, 6) is 0.437. The highest BCUT2D eigenvalue weighted by Gasteiger charge is 2.27. The number of methoxy groups -OCH3 is 1. The summed E-state index contributed by atoms with van der Waals surface area (Å²) in [6.45, 7) is 2.32. The maximum Gasteiger partial charge on any atom is 0.326 e. The number of aromatic nitrogens is 3. The van der Waals surface area contributed by atoms with E-state index in [0.717, 1.165) is 43.9 Å². The lowest BCUT2D eigenvalue weighted by Gasteiger charge is -2.14. The molecule has 0 spiro atoms. The second-order valence-electron chi connectivity index (χ2n) is 7.97. The third-order valence-electron chi connectivity index (χ3n) is 5.43. The Morgan fingerprint density at radius 3 is 2.97 bits per heavy atom. The van der Waals surface area contributed by atoms with E-state index in [1.54, 1.807) is 23.9 Å². The maximum atomic E-state index is 12.0. The molecule has 1 unspecified atom stereocenters. The molecule has 11 heteroatoms. The summed E-state index contributed by atoms with van der Waals surface area (Å²) in [6.07, 6.45) is 8.72. The van der Waals surface area contributed by atoms with Gasteiger partial charge < -0.3 is 20.7 Å². The molecular weight excluding hydrogens is 430 g/mol. The second kappa shape index (κ2) is 8.93. The third-order valence-corrected chi connectivity index (χ3v) is 6.77. The fourth-order valence-corrected chi connectivity index (χ4v) is 4.82. The maximum absolute atomic E-state index is 12.0. The molecule has 3 aliphatic rings. The first-order valence-electron chi connectivity index (χ1n) is 10.7. The summed E-state index contributed by atoms with van der Waals surface area (Å²) in [5, 5.41) is 16.4. The molecule has 10 nitrogen and oxygen atoms in total. The number of hydrogen-bond acceptors (Lipinski definition) is 8. The monoisotopic (exact) mass is 455 g/mol. The zero-order chi connectivity index (χ0) is 22.1. The number of rotatable bonds is 9. The quantitative estimate of drug-likeness (QED) is 0.257. The summed E-state index contributed by atoms with van der Waals surface area (Å²) in [4.78, 5) is 29.6. The molecule has 4 N–H and O–H groups in total. The van der Waals surface area contributed by atoms with Crippen LogP contribution in [0.1, 0.15) is 35.8 Å². The number of fused-ring (bicyclic) bond motifs is 1. The number of hydrogen-bond donors (Lipinski definition) is 4. The largest absolute Gasteiger partial charge is 0.383 e. The van der Waals surface area contributed by atoms with Crippen LogP contribution in [-0.4, -0.2) is 59.4 Å². The molecule has 5 rings (SSSR count). The molecule has 1 aliphatic carbocycles. The van der Waals surface area contributed by atoms with E-state index in [-0.39, 0.29) is 10.9 Å². The minimum absolute atomic E-state index is 0.190. The summed E-state index contributed by atoms with van der Waals surface area (Å²) >= 11 is 1.82. The van der Waals surface area contributed by atoms with Crippen molar-refractivity contribution in [2.75, 3.05) is 32.1 Å². The Hall–Kier alpha value is -2.89. The summed E-state index contributed by atoms with van der Waals surface area (Å²) < 4.78 is 6.85. The Morgan fingerprint density at radius 1 is 1.34 bits per heavy atom. The summed E-state index contributed by atoms with van der Waals surface area (Å²) in [5.41, 5.74) is 2.49. The van der Waals surface area contributed by atoms with Gasteiger partial charge in [-0.25, -0.2) is 9.78 Å². The van der Waals surface area contributed by atoms with Gasteiger partial charge in [0.05, 0.1) is 23.7 Å². The smallest absolute Gasteiger partial charge is 0.326 e. The highest BCUT2D eigenvalue weighted by molar-refractivity contribution is 8.03. The van der Waals surface area contributed by atoms with Gasteiger partial charge in [-0.3, -0.25) is 10.1 Å². The summed E-state index contributed by atoms with van der Waals surface area (Å²) in [7, 11) is 1.70. The topological polar surface area (TPSA) is 122 Å². The molecule has 1 saturated heterocycles. The lowest BCUT2D eigenvalue weighted by atomic mass is 10.2. The normalized spacial score (nSPS) is 21.8. The van der Waals surface area contributed by atoms with Crippen LogP contribution in [0.2, 0.25) is 0 Å². The van der Waals surface area contributed by atoms with E-state index >= 15 is 0 Å². The van der Waals surface area contributed by atoms with E-state index in [2.05, 4.69) is 38.5 Å². The Kier molecular flexibility index (Phi) is 5.85. The van der Waals surface area contributed by atoms with Gasteiger partial charge in [0.2, 0.25) is 0 Å².